The van der Waals surface area contributed by atoms with Crippen molar-refractivity contribution in [1.82, 2.24) is 10.3 Å². The maximum Gasteiger partial charge on any atom is 0.223 e. The maximum atomic E-state index is 12.0. The molecule has 1 saturated heterocycles. The monoisotopic (exact) mass is 409 g/mol. The average Bonchev–Trinajstić information content (AvgIpc) is 3.48. The van der Waals surface area contributed by atoms with Crippen molar-refractivity contribution in [3.8, 4) is 11.6 Å². The topological polar surface area (TPSA) is 63.7 Å². The fraction of sp³-hybridized carbons (Fsp3) is 0.500. The van der Waals surface area contributed by atoms with Crippen LogP contribution in [0.3, 0.4) is 0 Å². The predicted molar refractivity (Wildman–Crippen MR) is 117 cm³/mol. The number of pyridine rings is 1. The van der Waals surface area contributed by atoms with Crippen molar-refractivity contribution in [2.75, 3.05) is 18.0 Å². The molecule has 0 bridgehead atoms. The number of ether oxygens (including phenoxy) is 2. The first-order valence-electron chi connectivity index (χ1n) is 10.9. The smallest absolute Gasteiger partial charge is 0.223 e. The van der Waals surface area contributed by atoms with Gasteiger partial charge in [0.2, 0.25) is 11.8 Å². The molecule has 2 aliphatic rings. The van der Waals surface area contributed by atoms with Crippen molar-refractivity contribution < 1.29 is 14.3 Å². The van der Waals surface area contributed by atoms with Crippen molar-refractivity contribution in [1.29, 1.82) is 0 Å². The van der Waals surface area contributed by atoms with Crippen molar-refractivity contribution in [2.24, 2.45) is 5.92 Å². The lowest BCUT2D eigenvalue weighted by Gasteiger charge is -2.20. The number of nitrogens with zero attached hydrogens (tertiary/aromatic N) is 2. The van der Waals surface area contributed by atoms with E-state index in [1.54, 1.807) is 6.20 Å². The molecule has 4 rings (SSSR count). The Hall–Kier alpha value is -2.76. The van der Waals surface area contributed by atoms with Crippen LogP contribution in [0.4, 0.5) is 5.69 Å². The first-order valence-corrected chi connectivity index (χ1v) is 10.9. The van der Waals surface area contributed by atoms with Crippen LogP contribution in [-0.4, -0.2) is 36.2 Å². The van der Waals surface area contributed by atoms with Crippen molar-refractivity contribution in [3.05, 3.63) is 48.2 Å². The first-order chi connectivity index (χ1) is 14.5. The second-order valence-corrected chi connectivity index (χ2v) is 8.57. The van der Waals surface area contributed by atoms with Crippen LogP contribution in [0.5, 0.6) is 11.6 Å². The van der Waals surface area contributed by atoms with E-state index in [0.29, 0.717) is 5.88 Å². The van der Waals surface area contributed by atoms with Crippen LogP contribution in [0.1, 0.15) is 51.6 Å². The number of carbonyl (C=O) groups is 1. The molecule has 2 aromatic rings. The van der Waals surface area contributed by atoms with Gasteiger partial charge in [-0.25, -0.2) is 4.98 Å². The van der Waals surface area contributed by atoms with E-state index in [0.717, 1.165) is 49.4 Å². The molecule has 2 atom stereocenters. The summed E-state index contributed by atoms with van der Waals surface area (Å²) in [7, 11) is 0. The third kappa shape index (κ3) is 5.23. The van der Waals surface area contributed by atoms with Gasteiger partial charge in [0.1, 0.15) is 11.9 Å². The average molecular weight is 410 g/mol. The molecule has 2 heterocycles. The number of aromatic nitrogens is 1. The van der Waals surface area contributed by atoms with Gasteiger partial charge >= 0.3 is 0 Å². The van der Waals surface area contributed by atoms with Crippen LogP contribution in [0, 0.1) is 5.92 Å². The molecule has 2 fully saturated rings. The molecule has 1 saturated carbocycles. The Morgan fingerprint density at radius 2 is 1.90 bits per heavy atom. The van der Waals surface area contributed by atoms with E-state index < -0.39 is 0 Å². The van der Waals surface area contributed by atoms with E-state index in [9.17, 15) is 4.79 Å². The van der Waals surface area contributed by atoms with Crippen LogP contribution in [-0.2, 0) is 4.79 Å². The third-order valence-corrected chi connectivity index (χ3v) is 5.57. The van der Waals surface area contributed by atoms with Crippen LogP contribution in [0.25, 0.3) is 0 Å². The van der Waals surface area contributed by atoms with Crippen LogP contribution < -0.4 is 19.7 Å². The molecule has 30 heavy (non-hydrogen) atoms. The highest BCUT2D eigenvalue weighted by molar-refractivity contribution is 5.81. The normalized spacial score (nSPS) is 19.6. The molecule has 1 amide bonds. The molecule has 6 nitrogen and oxygen atoms in total. The Morgan fingerprint density at radius 3 is 2.60 bits per heavy atom. The Morgan fingerprint density at radius 1 is 1.13 bits per heavy atom. The summed E-state index contributed by atoms with van der Waals surface area (Å²) in [6, 6.07) is 12.1. The van der Waals surface area contributed by atoms with Gasteiger partial charge in [-0.15, -0.1) is 0 Å². The molecule has 1 aromatic carbocycles. The fourth-order valence-corrected chi connectivity index (χ4v) is 3.75. The number of benzene rings is 1. The quantitative estimate of drug-likeness (QED) is 0.711. The van der Waals surface area contributed by atoms with Gasteiger partial charge in [0.15, 0.2) is 0 Å². The molecule has 1 N–H and O–H groups in total. The van der Waals surface area contributed by atoms with Crippen molar-refractivity contribution in [2.45, 2.75) is 58.3 Å². The summed E-state index contributed by atoms with van der Waals surface area (Å²) < 4.78 is 11.9. The van der Waals surface area contributed by atoms with Gasteiger partial charge in [-0.1, -0.05) is 12.1 Å². The van der Waals surface area contributed by atoms with Gasteiger partial charge in [-0.05, 0) is 57.4 Å². The molecule has 1 aliphatic carbocycles. The predicted octanol–water partition coefficient (Wildman–Crippen LogP) is 4.11. The minimum atomic E-state index is 0.0167. The molecule has 0 spiro atoms. The standard InChI is InChI=1S/C24H31N3O3/c1-16(2)29-23-14-20(10-12-25-23)27-13-11-22(15-27)30-21-8-6-18(7-9-21)17(3)26-24(28)19-4-5-19/h6-10,12,14,16-17,19,22H,4-5,11,13,15H2,1-3H3,(H,26,28)/t17-,22+/m0/s1. The fourth-order valence-electron chi connectivity index (χ4n) is 3.75. The number of anilines is 1. The van der Waals surface area contributed by atoms with E-state index in [2.05, 4.69) is 15.2 Å². The SMILES string of the molecule is CC(C)Oc1cc(N2CC[C@@H](Oc3ccc([C@H](C)NC(=O)C4CC4)cc3)C2)ccn1. The first kappa shape index (κ1) is 20.5. The summed E-state index contributed by atoms with van der Waals surface area (Å²) >= 11 is 0. The van der Waals surface area contributed by atoms with Crippen LogP contribution >= 0.6 is 0 Å². The number of nitrogens with one attached hydrogen (secondary N) is 1. The number of amides is 1. The molecule has 0 unspecified atom stereocenters. The van der Waals surface area contributed by atoms with Gasteiger partial charge < -0.3 is 19.7 Å². The van der Waals surface area contributed by atoms with E-state index in [4.69, 9.17) is 9.47 Å². The zero-order valence-corrected chi connectivity index (χ0v) is 18.0. The van der Waals surface area contributed by atoms with Gasteiger partial charge in [0, 0.05) is 36.8 Å². The van der Waals surface area contributed by atoms with E-state index in [1.807, 2.05) is 57.2 Å². The largest absolute Gasteiger partial charge is 0.489 e. The molecule has 1 aromatic heterocycles. The summed E-state index contributed by atoms with van der Waals surface area (Å²) in [5, 5.41) is 3.09. The Labute approximate surface area is 178 Å². The highest BCUT2D eigenvalue weighted by Crippen LogP contribution is 2.30. The maximum absolute atomic E-state index is 12.0. The lowest BCUT2D eigenvalue weighted by Crippen LogP contribution is -2.27. The number of carbonyl (C=O) groups excluding carboxylic acids is 1. The van der Waals surface area contributed by atoms with E-state index in [-0.39, 0.29) is 30.1 Å². The minimum Gasteiger partial charge on any atom is -0.489 e. The number of hydrogen-bond acceptors (Lipinski definition) is 5. The molecule has 160 valence electrons. The van der Waals surface area contributed by atoms with Gasteiger partial charge in [-0.2, -0.15) is 0 Å². The summed E-state index contributed by atoms with van der Waals surface area (Å²) in [5.41, 5.74) is 2.21. The molecule has 0 radical (unpaired) electrons. The summed E-state index contributed by atoms with van der Waals surface area (Å²) in [4.78, 5) is 18.5. The Bertz CT molecular complexity index is 864. The molecule has 6 heteroatoms. The zero-order valence-electron chi connectivity index (χ0n) is 18.0. The zero-order chi connectivity index (χ0) is 21.1. The summed E-state index contributed by atoms with van der Waals surface area (Å²) in [5.74, 6) is 1.93. The van der Waals surface area contributed by atoms with E-state index >= 15 is 0 Å². The second-order valence-electron chi connectivity index (χ2n) is 8.57. The second kappa shape index (κ2) is 8.94. The van der Waals surface area contributed by atoms with Crippen LogP contribution in [0.15, 0.2) is 42.6 Å². The van der Waals surface area contributed by atoms with Gasteiger partial charge in [-0.3, -0.25) is 4.79 Å². The number of hydrogen-bond donors (Lipinski definition) is 1. The molecular weight excluding hydrogens is 378 g/mol. The summed E-state index contributed by atoms with van der Waals surface area (Å²) in [6.07, 6.45) is 5.06. The molecule has 1 aliphatic heterocycles. The highest BCUT2D eigenvalue weighted by atomic mass is 16.5. The third-order valence-electron chi connectivity index (χ3n) is 5.57. The Balaban J connectivity index is 1.30. The van der Waals surface area contributed by atoms with Gasteiger partial charge in [0.25, 0.3) is 0 Å². The summed E-state index contributed by atoms with van der Waals surface area (Å²) in [6.45, 7) is 7.80. The lowest BCUT2D eigenvalue weighted by atomic mass is 10.1. The van der Waals surface area contributed by atoms with Crippen LogP contribution in [0.2, 0.25) is 0 Å². The number of rotatable bonds is 8. The Kier molecular flexibility index (Phi) is 6.11. The van der Waals surface area contributed by atoms with E-state index in [1.165, 1.54) is 0 Å². The lowest BCUT2D eigenvalue weighted by molar-refractivity contribution is -0.122. The van der Waals surface area contributed by atoms with Crippen molar-refractivity contribution in [3.63, 3.8) is 0 Å². The van der Waals surface area contributed by atoms with Crippen molar-refractivity contribution >= 4 is 11.6 Å². The minimum absolute atomic E-state index is 0.0167. The highest BCUT2D eigenvalue weighted by Gasteiger charge is 2.30. The molecular formula is C24H31N3O3. The van der Waals surface area contributed by atoms with Gasteiger partial charge in [0.05, 0.1) is 18.7 Å².